The monoisotopic (exact) mass is 222 g/mol. The summed E-state index contributed by atoms with van der Waals surface area (Å²) >= 11 is 0. The molecule has 0 aromatic carbocycles. The molecular weight excluding hydrogens is 200 g/mol. The summed E-state index contributed by atoms with van der Waals surface area (Å²) in [4.78, 5) is 12.4. The van der Waals surface area contributed by atoms with Crippen LogP contribution in [0.3, 0.4) is 0 Å². The van der Waals surface area contributed by atoms with Crippen LogP contribution < -0.4 is 0 Å². The van der Waals surface area contributed by atoms with Gasteiger partial charge in [0.2, 0.25) is 0 Å². The van der Waals surface area contributed by atoms with Crippen LogP contribution in [0, 0.1) is 17.3 Å². The van der Waals surface area contributed by atoms with Crippen molar-refractivity contribution in [3.8, 4) is 0 Å². The molecule has 90 valence electrons. The van der Waals surface area contributed by atoms with E-state index in [1.54, 1.807) is 0 Å². The average molecular weight is 222 g/mol. The van der Waals surface area contributed by atoms with E-state index >= 15 is 0 Å². The van der Waals surface area contributed by atoms with Gasteiger partial charge in [-0.05, 0) is 50.4 Å². The van der Waals surface area contributed by atoms with E-state index in [9.17, 15) is 4.79 Å². The maximum Gasteiger partial charge on any atom is 0.139 e. The Kier molecular flexibility index (Phi) is 2.58. The van der Waals surface area contributed by atoms with Gasteiger partial charge in [0.15, 0.2) is 0 Å². The minimum Gasteiger partial charge on any atom is -0.381 e. The standard InChI is InChI=1S/C14H22O2/c1-16-12-8-7-10-4-2-6-13(15)14(10)9-3-5-11(12)14/h10-12H,2-9H2,1H3/t10-,11-,12?,14-/m0/s1. The van der Waals surface area contributed by atoms with Crippen LogP contribution in [0.4, 0.5) is 0 Å². The van der Waals surface area contributed by atoms with Gasteiger partial charge in [-0.2, -0.15) is 0 Å². The van der Waals surface area contributed by atoms with Crippen molar-refractivity contribution >= 4 is 5.78 Å². The second kappa shape index (κ2) is 3.83. The van der Waals surface area contributed by atoms with Gasteiger partial charge in [0, 0.05) is 18.9 Å². The normalized spacial score (nSPS) is 47.6. The third-order valence-corrected chi connectivity index (χ3v) is 5.52. The Labute approximate surface area is 97.7 Å². The molecule has 0 N–H and O–H groups in total. The highest BCUT2D eigenvalue weighted by Crippen LogP contribution is 2.59. The lowest BCUT2D eigenvalue weighted by Gasteiger charge is -2.50. The molecular formula is C14H22O2. The quantitative estimate of drug-likeness (QED) is 0.682. The molecule has 0 saturated heterocycles. The number of hydrogen-bond acceptors (Lipinski definition) is 2. The molecule has 4 atom stereocenters. The number of carbonyl (C=O) groups is 1. The summed E-state index contributed by atoms with van der Waals surface area (Å²) < 4.78 is 5.64. The number of ketones is 1. The molecule has 3 fully saturated rings. The van der Waals surface area contributed by atoms with Gasteiger partial charge in [-0.25, -0.2) is 0 Å². The summed E-state index contributed by atoms with van der Waals surface area (Å²) in [6.07, 6.45) is 9.65. The topological polar surface area (TPSA) is 26.3 Å². The predicted octanol–water partition coefficient (Wildman–Crippen LogP) is 2.95. The fraction of sp³-hybridized carbons (Fsp3) is 0.929. The van der Waals surface area contributed by atoms with Crippen molar-refractivity contribution in [2.45, 2.75) is 57.5 Å². The first-order valence-corrected chi connectivity index (χ1v) is 6.85. The average Bonchev–Trinajstić information content (AvgIpc) is 2.74. The van der Waals surface area contributed by atoms with Gasteiger partial charge >= 0.3 is 0 Å². The molecule has 0 aromatic heterocycles. The van der Waals surface area contributed by atoms with Crippen LogP contribution in [0.1, 0.15) is 51.4 Å². The fourth-order valence-electron chi connectivity index (χ4n) is 4.91. The molecule has 0 amide bonds. The molecule has 16 heavy (non-hydrogen) atoms. The van der Waals surface area contributed by atoms with Crippen molar-refractivity contribution in [2.75, 3.05) is 7.11 Å². The number of Topliss-reactive ketones (excluding diaryl/α,β-unsaturated/α-hetero) is 1. The highest BCUT2D eigenvalue weighted by atomic mass is 16.5. The highest BCUT2D eigenvalue weighted by Gasteiger charge is 2.58. The third-order valence-electron chi connectivity index (χ3n) is 5.52. The molecule has 2 heteroatoms. The van der Waals surface area contributed by atoms with E-state index in [2.05, 4.69) is 0 Å². The molecule has 3 aliphatic carbocycles. The van der Waals surface area contributed by atoms with Gasteiger partial charge in [-0.3, -0.25) is 4.79 Å². The number of ether oxygens (including phenoxy) is 1. The second-order valence-electron chi connectivity index (χ2n) is 5.90. The van der Waals surface area contributed by atoms with E-state index in [0.717, 1.165) is 19.3 Å². The second-order valence-corrected chi connectivity index (χ2v) is 5.90. The molecule has 0 radical (unpaired) electrons. The Hall–Kier alpha value is -0.370. The van der Waals surface area contributed by atoms with Crippen molar-refractivity contribution in [3.63, 3.8) is 0 Å². The summed E-state index contributed by atoms with van der Waals surface area (Å²) in [6, 6.07) is 0. The minimum atomic E-state index is 0.0528. The highest BCUT2D eigenvalue weighted by molar-refractivity contribution is 5.86. The van der Waals surface area contributed by atoms with Crippen molar-refractivity contribution in [2.24, 2.45) is 17.3 Å². The maximum absolute atomic E-state index is 12.4. The third kappa shape index (κ3) is 1.25. The van der Waals surface area contributed by atoms with Crippen molar-refractivity contribution in [1.82, 2.24) is 0 Å². The van der Waals surface area contributed by atoms with Crippen LogP contribution >= 0.6 is 0 Å². The fourth-order valence-corrected chi connectivity index (χ4v) is 4.91. The smallest absolute Gasteiger partial charge is 0.139 e. The Morgan fingerprint density at radius 3 is 2.88 bits per heavy atom. The Morgan fingerprint density at radius 2 is 2.06 bits per heavy atom. The molecule has 0 aromatic rings. The van der Waals surface area contributed by atoms with E-state index in [0.29, 0.717) is 23.7 Å². The summed E-state index contributed by atoms with van der Waals surface area (Å²) in [5.74, 6) is 1.81. The maximum atomic E-state index is 12.4. The van der Waals surface area contributed by atoms with E-state index in [-0.39, 0.29) is 5.41 Å². The molecule has 1 unspecified atom stereocenters. The van der Waals surface area contributed by atoms with Gasteiger partial charge in [0.1, 0.15) is 5.78 Å². The van der Waals surface area contributed by atoms with Gasteiger partial charge in [0.25, 0.3) is 0 Å². The van der Waals surface area contributed by atoms with Crippen LogP contribution in [-0.4, -0.2) is 19.0 Å². The predicted molar refractivity (Wildman–Crippen MR) is 62.2 cm³/mol. The van der Waals surface area contributed by atoms with Crippen LogP contribution in [0.15, 0.2) is 0 Å². The van der Waals surface area contributed by atoms with Crippen LogP contribution in [0.5, 0.6) is 0 Å². The molecule has 3 saturated carbocycles. The zero-order valence-corrected chi connectivity index (χ0v) is 10.2. The number of methoxy groups -OCH3 is 1. The van der Waals surface area contributed by atoms with Gasteiger partial charge in [0.05, 0.1) is 6.10 Å². The van der Waals surface area contributed by atoms with Crippen molar-refractivity contribution in [3.05, 3.63) is 0 Å². The first kappa shape index (κ1) is 10.8. The van der Waals surface area contributed by atoms with Crippen LogP contribution in [-0.2, 0) is 9.53 Å². The molecule has 3 rings (SSSR count). The molecule has 1 spiro atoms. The molecule has 0 aliphatic heterocycles. The van der Waals surface area contributed by atoms with Gasteiger partial charge in [-0.1, -0.05) is 6.42 Å². The van der Waals surface area contributed by atoms with E-state index in [1.807, 2.05) is 7.11 Å². The van der Waals surface area contributed by atoms with Gasteiger partial charge < -0.3 is 4.74 Å². The number of rotatable bonds is 1. The molecule has 2 nitrogen and oxygen atoms in total. The Morgan fingerprint density at radius 1 is 1.19 bits per heavy atom. The first-order valence-electron chi connectivity index (χ1n) is 6.85. The van der Waals surface area contributed by atoms with E-state index in [4.69, 9.17) is 4.74 Å². The lowest BCUT2D eigenvalue weighted by molar-refractivity contribution is -0.150. The zero-order valence-electron chi connectivity index (χ0n) is 10.2. The summed E-state index contributed by atoms with van der Waals surface area (Å²) in [5.41, 5.74) is 0.0528. The molecule has 0 heterocycles. The molecule has 0 bridgehead atoms. The summed E-state index contributed by atoms with van der Waals surface area (Å²) in [7, 11) is 1.82. The van der Waals surface area contributed by atoms with Crippen molar-refractivity contribution < 1.29 is 9.53 Å². The Bertz CT molecular complexity index is 299. The van der Waals surface area contributed by atoms with Crippen molar-refractivity contribution in [1.29, 1.82) is 0 Å². The van der Waals surface area contributed by atoms with E-state index < -0.39 is 0 Å². The van der Waals surface area contributed by atoms with Gasteiger partial charge in [-0.15, -0.1) is 0 Å². The summed E-state index contributed by atoms with van der Waals surface area (Å²) in [5, 5.41) is 0. The lowest BCUT2D eigenvalue weighted by atomic mass is 9.54. The zero-order chi connectivity index (χ0) is 11.2. The van der Waals surface area contributed by atoms with Crippen LogP contribution in [0.2, 0.25) is 0 Å². The van der Waals surface area contributed by atoms with E-state index in [1.165, 1.54) is 32.1 Å². The largest absolute Gasteiger partial charge is 0.381 e. The Balaban J connectivity index is 1.97. The SMILES string of the molecule is COC1CC[C@@H]2CCCC(=O)[C@@]23CCC[C@@H]13. The number of hydrogen-bond donors (Lipinski definition) is 0. The molecule has 3 aliphatic rings. The lowest BCUT2D eigenvalue weighted by Crippen LogP contribution is -2.52. The number of carbonyl (C=O) groups excluding carboxylic acids is 1. The summed E-state index contributed by atoms with van der Waals surface area (Å²) in [6.45, 7) is 0. The van der Waals surface area contributed by atoms with Crippen LogP contribution in [0.25, 0.3) is 0 Å². The minimum absolute atomic E-state index is 0.0528. The first-order chi connectivity index (χ1) is 7.79.